The van der Waals surface area contributed by atoms with Gasteiger partial charge in [0.15, 0.2) is 0 Å². The summed E-state index contributed by atoms with van der Waals surface area (Å²) in [7, 11) is 0. The van der Waals surface area contributed by atoms with E-state index < -0.39 is 5.54 Å². The minimum atomic E-state index is -0.739. The zero-order valence-electron chi connectivity index (χ0n) is 10.5. The maximum absolute atomic E-state index is 13.8. The lowest BCUT2D eigenvalue weighted by Gasteiger charge is -2.26. The number of nitrogens with two attached hydrogens (primary N) is 1. The smallest absolute Gasteiger partial charge is 0.127 e. The Kier molecular flexibility index (Phi) is 4.14. The summed E-state index contributed by atoms with van der Waals surface area (Å²) in [6.07, 6.45) is 0.304. The lowest BCUT2D eigenvalue weighted by atomic mass is 9.86. The first kappa shape index (κ1) is 14.3. The molecule has 0 spiro atoms. The molecule has 4 heteroatoms. The summed E-state index contributed by atoms with van der Waals surface area (Å²) in [5.41, 5.74) is 6.83. The van der Waals surface area contributed by atoms with Gasteiger partial charge in [0, 0.05) is 21.1 Å². The fourth-order valence-electron chi connectivity index (χ4n) is 2.01. The van der Waals surface area contributed by atoms with Gasteiger partial charge in [0.2, 0.25) is 0 Å². The predicted octanol–water partition coefficient (Wildman–Crippen LogP) is 4.55. The standard InChI is InChI=1S/C15H14Cl2FN/c1-15(19,10-4-2-5-11(16)8-10)9-12-13(17)6-3-7-14(12)18/h2-8H,9,19H2,1H3. The van der Waals surface area contributed by atoms with E-state index in [1.807, 2.05) is 19.1 Å². The largest absolute Gasteiger partial charge is 0.321 e. The molecular formula is C15H14Cl2FN. The molecule has 0 radical (unpaired) electrons. The Balaban J connectivity index is 2.36. The molecule has 2 aromatic rings. The van der Waals surface area contributed by atoms with Gasteiger partial charge in [-0.2, -0.15) is 0 Å². The highest BCUT2D eigenvalue weighted by molar-refractivity contribution is 6.31. The van der Waals surface area contributed by atoms with Gasteiger partial charge in [0.05, 0.1) is 0 Å². The molecule has 1 atom stereocenters. The molecule has 0 saturated carbocycles. The molecule has 0 fully saturated rings. The van der Waals surface area contributed by atoms with Gasteiger partial charge in [-0.3, -0.25) is 0 Å². The van der Waals surface area contributed by atoms with Crippen molar-refractivity contribution in [1.29, 1.82) is 0 Å². The van der Waals surface area contributed by atoms with Crippen LogP contribution >= 0.6 is 23.2 Å². The summed E-state index contributed by atoms with van der Waals surface area (Å²) in [5, 5.41) is 0.993. The second-order valence-corrected chi connectivity index (χ2v) is 5.65. The van der Waals surface area contributed by atoms with E-state index in [1.54, 1.807) is 24.3 Å². The van der Waals surface area contributed by atoms with Crippen LogP contribution in [-0.4, -0.2) is 0 Å². The van der Waals surface area contributed by atoms with E-state index in [1.165, 1.54) is 6.07 Å². The minimum absolute atomic E-state index is 0.304. The highest BCUT2D eigenvalue weighted by atomic mass is 35.5. The first-order valence-electron chi connectivity index (χ1n) is 5.88. The highest BCUT2D eigenvalue weighted by Crippen LogP contribution is 2.29. The molecule has 0 aliphatic heterocycles. The van der Waals surface area contributed by atoms with Crippen molar-refractivity contribution in [3.05, 3.63) is 69.5 Å². The average molecular weight is 298 g/mol. The lowest BCUT2D eigenvalue weighted by Crippen LogP contribution is -2.35. The lowest BCUT2D eigenvalue weighted by molar-refractivity contribution is 0.475. The maximum Gasteiger partial charge on any atom is 0.127 e. The summed E-state index contributed by atoms with van der Waals surface area (Å²) < 4.78 is 13.8. The fraction of sp³-hybridized carbons (Fsp3) is 0.200. The van der Waals surface area contributed by atoms with E-state index in [9.17, 15) is 4.39 Å². The molecule has 0 amide bonds. The molecule has 0 bridgehead atoms. The van der Waals surface area contributed by atoms with Crippen LogP contribution in [0.1, 0.15) is 18.1 Å². The summed E-state index contributed by atoms with van der Waals surface area (Å²) in [5.74, 6) is -0.341. The van der Waals surface area contributed by atoms with Crippen LogP contribution in [0.5, 0.6) is 0 Å². The van der Waals surface area contributed by atoms with Gasteiger partial charge < -0.3 is 5.73 Å². The second-order valence-electron chi connectivity index (χ2n) is 4.80. The molecule has 1 unspecified atom stereocenters. The molecule has 0 aromatic heterocycles. The molecule has 0 saturated heterocycles. The Bertz CT molecular complexity index is 576. The van der Waals surface area contributed by atoms with Crippen molar-refractivity contribution < 1.29 is 4.39 Å². The van der Waals surface area contributed by atoms with E-state index >= 15 is 0 Å². The van der Waals surface area contributed by atoms with E-state index in [-0.39, 0.29) is 5.82 Å². The molecule has 19 heavy (non-hydrogen) atoms. The number of benzene rings is 2. The third kappa shape index (κ3) is 3.27. The molecule has 0 aliphatic carbocycles. The molecule has 0 aliphatic rings. The summed E-state index contributed by atoms with van der Waals surface area (Å²) in [6, 6.07) is 11.9. The Hall–Kier alpha value is -1.09. The number of hydrogen-bond donors (Lipinski definition) is 1. The number of rotatable bonds is 3. The van der Waals surface area contributed by atoms with Crippen LogP contribution in [0.2, 0.25) is 10.0 Å². The Labute approximate surface area is 122 Å². The fourth-order valence-corrected chi connectivity index (χ4v) is 2.43. The first-order chi connectivity index (χ1) is 8.90. The average Bonchev–Trinajstić information content (AvgIpc) is 2.34. The highest BCUT2D eigenvalue weighted by Gasteiger charge is 2.24. The van der Waals surface area contributed by atoms with Crippen LogP contribution < -0.4 is 5.73 Å². The van der Waals surface area contributed by atoms with Crippen molar-refractivity contribution in [1.82, 2.24) is 0 Å². The van der Waals surface area contributed by atoms with Gasteiger partial charge in [-0.25, -0.2) is 4.39 Å². The van der Waals surface area contributed by atoms with Gasteiger partial charge in [0.25, 0.3) is 0 Å². The van der Waals surface area contributed by atoms with E-state index in [0.29, 0.717) is 22.0 Å². The second kappa shape index (κ2) is 5.49. The van der Waals surface area contributed by atoms with Crippen LogP contribution in [0.15, 0.2) is 42.5 Å². The summed E-state index contributed by atoms with van der Waals surface area (Å²) in [4.78, 5) is 0. The van der Waals surface area contributed by atoms with Crippen LogP contribution in [0, 0.1) is 5.82 Å². The zero-order valence-corrected chi connectivity index (χ0v) is 12.0. The van der Waals surface area contributed by atoms with E-state index in [4.69, 9.17) is 28.9 Å². The Morgan fingerprint density at radius 2 is 1.84 bits per heavy atom. The van der Waals surface area contributed by atoms with Gasteiger partial charge >= 0.3 is 0 Å². The third-order valence-electron chi connectivity index (χ3n) is 3.09. The molecular weight excluding hydrogens is 284 g/mol. The quantitative estimate of drug-likeness (QED) is 0.884. The van der Waals surface area contributed by atoms with Crippen LogP contribution in [0.25, 0.3) is 0 Å². The van der Waals surface area contributed by atoms with E-state index in [0.717, 1.165) is 5.56 Å². The van der Waals surface area contributed by atoms with Gasteiger partial charge in [-0.05, 0) is 43.2 Å². The SMILES string of the molecule is CC(N)(Cc1c(F)cccc1Cl)c1cccc(Cl)c1. The minimum Gasteiger partial charge on any atom is -0.321 e. The third-order valence-corrected chi connectivity index (χ3v) is 3.68. The molecule has 1 nitrogen and oxygen atoms in total. The Morgan fingerprint density at radius 3 is 2.47 bits per heavy atom. The first-order valence-corrected chi connectivity index (χ1v) is 6.63. The van der Waals surface area contributed by atoms with Gasteiger partial charge in [0.1, 0.15) is 5.82 Å². The van der Waals surface area contributed by atoms with Crippen LogP contribution in [-0.2, 0) is 12.0 Å². The van der Waals surface area contributed by atoms with Crippen LogP contribution in [0.3, 0.4) is 0 Å². The van der Waals surface area contributed by atoms with E-state index in [2.05, 4.69) is 0 Å². The number of halogens is 3. The maximum atomic E-state index is 13.8. The number of hydrogen-bond acceptors (Lipinski definition) is 1. The van der Waals surface area contributed by atoms with Crippen molar-refractivity contribution in [2.45, 2.75) is 18.9 Å². The van der Waals surface area contributed by atoms with Crippen molar-refractivity contribution in [2.75, 3.05) is 0 Å². The molecule has 100 valence electrons. The van der Waals surface area contributed by atoms with Crippen molar-refractivity contribution in [2.24, 2.45) is 5.73 Å². The molecule has 2 rings (SSSR count). The monoisotopic (exact) mass is 297 g/mol. The molecule has 2 N–H and O–H groups in total. The zero-order chi connectivity index (χ0) is 14.0. The van der Waals surface area contributed by atoms with Crippen molar-refractivity contribution in [3.8, 4) is 0 Å². The van der Waals surface area contributed by atoms with Crippen molar-refractivity contribution in [3.63, 3.8) is 0 Å². The molecule has 2 aromatic carbocycles. The predicted molar refractivity (Wildman–Crippen MR) is 78.1 cm³/mol. The normalized spacial score (nSPS) is 14.2. The topological polar surface area (TPSA) is 26.0 Å². The summed E-state index contributed by atoms with van der Waals surface area (Å²) in [6.45, 7) is 1.83. The molecule has 0 heterocycles. The van der Waals surface area contributed by atoms with Crippen molar-refractivity contribution >= 4 is 23.2 Å². The van der Waals surface area contributed by atoms with Gasteiger partial charge in [-0.1, -0.05) is 41.4 Å². The van der Waals surface area contributed by atoms with Gasteiger partial charge in [-0.15, -0.1) is 0 Å². The summed E-state index contributed by atoms with van der Waals surface area (Å²) >= 11 is 12.0. The van der Waals surface area contributed by atoms with Crippen LogP contribution in [0.4, 0.5) is 4.39 Å². The Morgan fingerprint density at radius 1 is 1.16 bits per heavy atom.